The number of aromatic amines is 1. The van der Waals surface area contributed by atoms with Crippen LogP contribution >= 0.6 is 11.6 Å². The Morgan fingerprint density at radius 3 is 2.89 bits per heavy atom. The minimum Gasteiger partial charge on any atom is -0.491 e. The molecule has 3 N–H and O–H groups in total. The maximum Gasteiger partial charge on any atom is 0.296 e. The van der Waals surface area contributed by atoms with E-state index in [1.165, 1.54) is 5.56 Å². The molecular formula is C24H26ClN5O6. The molecule has 0 radical (unpaired) electrons. The molecule has 1 aliphatic carbocycles. The zero-order chi connectivity index (χ0) is 24.2. The largest absolute Gasteiger partial charge is 0.491 e. The van der Waals surface area contributed by atoms with Crippen LogP contribution < -0.4 is 14.8 Å². The van der Waals surface area contributed by atoms with Gasteiger partial charge in [-0.25, -0.2) is 4.98 Å². The summed E-state index contributed by atoms with van der Waals surface area (Å²) in [7, 11) is 0. The zero-order valence-corrected chi connectivity index (χ0v) is 20.1. The van der Waals surface area contributed by atoms with Gasteiger partial charge in [-0.1, -0.05) is 11.6 Å². The van der Waals surface area contributed by atoms with Crippen LogP contribution in [0.2, 0.25) is 5.02 Å². The third kappa shape index (κ3) is 4.04. The molecule has 3 aromatic heterocycles. The number of ether oxygens (including phenoxy) is 5. The first-order valence-electron chi connectivity index (χ1n) is 12.2. The predicted molar refractivity (Wildman–Crippen MR) is 128 cm³/mol. The average molecular weight is 516 g/mol. The van der Waals surface area contributed by atoms with Crippen molar-refractivity contribution in [1.82, 2.24) is 19.9 Å². The highest BCUT2D eigenvalue weighted by molar-refractivity contribution is 6.33. The van der Waals surface area contributed by atoms with Gasteiger partial charge >= 0.3 is 0 Å². The Bertz CT molecular complexity index is 1290. The van der Waals surface area contributed by atoms with Crippen molar-refractivity contribution < 1.29 is 28.8 Å². The molecule has 3 saturated heterocycles. The first-order chi connectivity index (χ1) is 17.6. The van der Waals surface area contributed by atoms with Crippen molar-refractivity contribution in [2.24, 2.45) is 5.92 Å². The summed E-state index contributed by atoms with van der Waals surface area (Å²) in [6, 6.07) is 4.15. The Kier molecular flexibility index (Phi) is 5.62. The van der Waals surface area contributed by atoms with E-state index < -0.39 is 6.10 Å². The van der Waals surface area contributed by atoms with Gasteiger partial charge in [0.1, 0.15) is 29.9 Å². The normalized spacial score (nSPS) is 29.2. The fraction of sp³-hybridized carbons (Fsp3) is 0.542. The lowest BCUT2D eigenvalue weighted by Gasteiger charge is -2.25. The summed E-state index contributed by atoms with van der Waals surface area (Å²) in [5, 5.41) is 13.8. The highest BCUT2D eigenvalue weighted by atomic mass is 35.5. The van der Waals surface area contributed by atoms with Crippen LogP contribution in [-0.4, -0.2) is 82.5 Å². The molecule has 0 saturated carbocycles. The van der Waals surface area contributed by atoms with Crippen LogP contribution in [0.3, 0.4) is 0 Å². The van der Waals surface area contributed by atoms with Gasteiger partial charge in [-0.2, -0.15) is 4.98 Å². The Hall–Kier alpha value is -2.70. The van der Waals surface area contributed by atoms with Crippen molar-refractivity contribution in [1.29, 1.82) is 0 Å². The van der Waals surface area contributed by atoms with Gasteiger partial charge in [-0.3, -0.25) is 4.98 Å². The minimum atomic E-state index is -0.634. The number of halogens is 1. The SMILES string of the molecule is O[C@@H]1CO[C@H]2[C@@H]1OC[C@H]2Oc1nc2nc(NC3CCc4cc(OCC5COC5)cnc43)c(Cl)cc2[nH]1. The van der Waals surface area contributed by atoms with E-state index in [1.807, 2.05) is 0 Å². The van der Waals surface area contributed by atoms with E-state index in [0.29, 0.717) is 47.1 Å². The molecule has 6 heterocycles. The number of rotatable bonds is 7. The van der Waals surface area contributed by atoms with E-state index >= 15 is 0 Å². The fourth-order valence-electron chi connectivity index (χ4n) is 5.17. The topological polar surface area (TPSA) is 133 Å². The van der Waals surface area contributed by atoms with Crippen LogP contribution in [0.15, 0.2) is 18.3 Å². The molecule has 3 aromatic rings. The minimum absolute atomic E-state index is 0.00953. The Morgan fingerprint density at radius 1 is 1.14 bits per heavy atom. The first kappa shape index (κ1) is 22.5. The number of nitrogens with zero attached hydrogens (tertiary/aromatic N) is 3. The molecule has 190 valence electrons. The number of nitrogens with one attached hydrogen (secondary N) is 2. The van der Waals surface area contributed by atoms with E-state index in [9.17, 15) is 5.11 Å². The molecule has 5 atom stereocenters. The van der Waals surface area contributed by atoms with Crippen LogP contribution in [0.4, 0.5) is 5.82 Å². The number of aliphatic hydroxyl groups excluding tert-OH is 1. The Balaban J connectivity index is 1.05. The van der Waals surface area contributed by atoms with E-state index in [-0.39, 0.29) is 31.0 Å². The van der Waals surface area contributed by atoms with Crippen LogP contribution in [0.25, 0.3) is 11.2 Å². The van der Waals surface area contributed by atoms with Gasteiger partial charge in [-0.15, -0.1) is 0 Å². The maximum absolute atomic E-state index is 9.93. The number of aryl methyl sites for hydroxylation is 1. The lowest BCUT2D eigenvalue weighted by atomic mass is 10.1. The molecule has 3 aliphatic heterocycles. The van der Waals surface area contributed by atoms with Gasteiger partial charge < -0.3 is 39.1 Å². The zero-order valence-electron chi connectivity index (χ0n) is 19.4. The van der Waals surface area contributed by atoms with Crippen LogP contribution in [0.5, 0.6) is 11.8 Å². The molecule has 12 heteroatoms. The van der Waals surface area contributed by atoms with Gasteiger partial charge in [0.05, 0.1) is 61.5 Å². The average Bonchev–Trinajstić information content (AvgIpc) is 3.60. The molecular weight excluding hydrogens is 490 g/mol. The number of hydrogen-bond acceptors (Lipinski definition) is 10. The number of hydrogen-bond donors (Lipinski definition) is 3. The first-order valence-corrected chi connectivity index (χ1v) is 12.6. The summed E-state index contributed by atoms with van der Waals surface area (Å²) in [6.45, 7) is 2.74. The summed E-state index contributed by atoms with van der Waals surface area (Å²) in [5.41, 5.74) is 3.29. The number of anilines is 1. The van der Waals surface area contributed by atoms with E-state index in [0.717, 1.165) is 37.5 Å². The van der Waals surface area contributed by atoms with Crippen molar-refractivity contribution in [3.63, 3.8) is 0 Å². The molecule has 1 unspecified atom stereocenters. The third-order valence-corrected chi connectivity index (χ3v) is 7.45. The van der Waals surface area contributed by atoms with Crippen molar-refractivity contribution >= 4 is 28.6 Å². The second-order valence-electron chi connectivity index (χ2n) is 9.72. The number of pyridine rings is 2. The Labute approximate surface area is 211 Å². The third-order valence-electron chi connectivity index (χ3n) is 7.16. The van der Waals surface area contributed by atoms with Crippen molar-refractivity contribution in [2.45, 2.75) is 43.3 Å². The number of fused-ring (bicyclic) bond motifs is 3. The van der Waals surface area contributed by atoms with Crippen molar-refractivity contribution in [3.05, 3.63) is 34.6 Å². The molecule has 0 amide bonds. The summed E-state index contributed by atoms with van der Waals surface area (Å²) >= 11 is 6.56. The molecule has 0 bridgehead atoms. The van der Waals surface area contributed by atoms with Gasteiger partial charge in [0.25, 0.3) is 6.01 Å². The van der Waals surface area contributed by atoms with Gasteiger partial charge in [0.15, 0.2) is 11.8 Å². The monoisotopic (exact) mass is 515 g/mol. The summed E-state index contributed by atoms with van der Waals surface area (Å²) in [5.74, 6) is 1.80. The number of H-pyrrole nitrogens is 1. The molecule has 0 aromatic carbocycles. The second-order valence-corrected chi connectivity index (χ2v) is 10.1. The van der Waals surface area contributed by atoms with E-state index in [2.05, 4.69) is 31.3 Å². The highest BCUT2D eigenvalue weighted by Crippen LogP contribution is 2.36. The number of imidazole rings is 1. The highest BCUT2D eigenvalue weighted by Gasteiger charge is 2.48. The summed E-state index contributed by atoms with van der Waals surface area (Å²) in [6.07, 6.45) is 1.86. The van der Waals surface area contributed by atoms with Crippen LogP contribution in [0, 0.1) is 5.92 Å². The maximum atomic E-state index is 9.93. The fourth-order valence-corrected chi connectivity index (χ4v) is 5.38. The van der Waals surface area contributed by atoms with E-state index in [4.69, 9.17) is 35.3 Å². The molecule has 3 fully saturated rings. The molecule has 0 spiro atoms. The summed E-state index contributed by atoms with van der Waals surface area (Å²) in [4.78, 5) is 16.9. The van der Waals surface area contributed by atoms with E-state index in [1.54, 1.807) is 12.3 Å². The summed E-state index contributed by atoms with van der Waals surface area (Å²) < 4.78 is 28.3. The molecule has 11 nitrogen and oxygen atoms in total. The standard InChI is InChI=1S/C24H26ClN5O6/c25-14-4-16-23(30-24(28-16)36-18-10-35-20-17(31)9-34-21(18)20)29-22(14)27-15-2-1-12-3-13(5-26-19(12)15)33-8-11-6-32-7-11/h3-5,11,15,17-18,20-21,31H,1-2,6-10H2,(H2,27,28,29,30)/t15?,17-,18-,20-,21-/m1/s1. The number of aliphatic hydroxyl groups is 1. The second kappa shape index (κ2) is 9.00. The quantitative estimate of drug-likeness (QED) is 0.429. The number of aromatic nitrogens is 4. The van der Waals surface area contributed by atoms with Gasteiger partial charge in [-0.05, 0) is 30.5 Å². The van der Waals surface area contributed by atoms with Gasteiger partial charge in [0, 0.05) is 5.92 Å². The lowest BCUT2D eigenvalue weighted by Crippen LogP contribution is -2.34. The van der Waals surface area contributed by atoms with Crippen LogP contribution in [-0.2, 0) is 20.6 Å². The predicted octanol–water partition coefficient (Wildman–Crippen LogP) is 2.04. The molecule has 7 rings (SSSR count). The molecule has 4 aliphatic rings. The lowest BCUT2D eigenvalue weighted by molar-refractivity contribution is -0.0509. The van der Waals surface area contributed by atoms with Gasteiger partial charge in [0.2, 0.25) is 0 Å². The van der Waals surface area contributed by atoms with Crippen molar-refractivity contribution in [2.75, 3.05) is 38.4 Å². The van der Waals surface area contributed by atoms with Crippen LogP contribution in [0.1, 0.15) is 23.7 Å². The smallest absolute Gasteiger partial charge is 0.296 e. The Morgan fingerprint density at radius 2 is 2.03 bits per heavy atom. The molecule has 36 heavy (non-hydrogen) atoms. The van der Waals surface area contributed by atoms with Crippen molar-refractivity contribution in [3.8, 4) is 11.8 Å².